The van der Waals surface area contributed by atoms with Crippen molar-refractivity contribution in [3.63, 3.8) is 0 Å². The number of methoxy groups -OCH3 is 2. The summed E-state index contributed by atoms with van der Waals surface area (Å²) in [5.74, 6) is -0.496. The van der Waals surface area contributed by atoms with Gasteiger partial charge in [0.05, 0.1) is 20.1 Å². The maximum absolute atomic E-state index is 14.6. The molecule has 0 saturated carbocycles. The van der Waals surface area contributed by atoms with Crippen molar-refractivity contribution >= 4 is 11.7 Å². The molecule has 1 aliphatic heterocycles. The van der Waals surface area contributed by atoms with Crippen molar-refractivity contribution < 1.29 is 23.8 Å². The summed E-state index contributed by atoms with van der Waals surface area (Å²) in [5, 5.41) is 9.79. The Morgan fingerprint density at radius 2 is 1.57 bits per heavy atom. The second-order valence-corrected chi connectivity index (χ2v) is 12.1. The molecule has 0 bridgehead atoms. The van der Waals surface area contributed by atoms with Crippen LogP contribution in [0.3, 0.4) is 0 Å². The fourth-order valence-corrected chi connectivity index (χ4v) is 6.66. The molecule has 6 rings (SSSR count). The molecule has 0 amide bonds. The van der Waals surface area contributed by atoms with E-state index in [-0.39, 0.29) is 18.3 Å². The number of halogens is 1. The molecule has 1 fully saturated rings. The first-order chi connectivity index (χ1) is 22.3. The van der Waals surface area contributed by atoms with E-state index in [4.69, 9.17) is 9.47 Å². The van der Waals surface area contributed by atoms with E-state index in [1.54, 1.807) is 26.4 Å². The zero-order chi connectivity index (χ0) is 32.3. The Kier molecular flexibility index (Phi) is 8.91. The van der Waals surface area contributed by atoms with Gasteiger partial charge in [0.2, 0.25) is 0 Å². The Labute approximate surface area is 269 Å². The highest BCUT2D eigenvalue weighted by molar-refractivity contribution is 5.70. The third kappa shape index (κ3) is 6.40. The van der Waals surface area contributed by atoms with E-state index in [9.17, 15) is 14.3 Å². The van der Waals surface area contributed by atoms with Crippen LogP contribution in [-0.4, -0.2) is 37.9 Å². The number of hydrogen-bond donors (Lipinski definition) is 1. The van der Waals surface area contributed by atoms with Crippen molar-refractivity contribution in [3.05, 3.63) is 143 Å². The average Bonchev–Trinajstić information content (AvgIpc) is 3.45. The van der Waals surface area contributed by atoms with E-state index in [0.29, 0.717) is 24.3 Å². The second-order valence-electron chi connectivity index (χ2n) is 12.1. The number of aliphatic carboxylic acids is 1. The van der Waals surface area contributed by atoms with E-state index in [2.05, 4.69) is 71.6 Å². The molecule has 1 saturated heterocycles. The number of carbonyl (C=O) groups is 1. The predicted molar refractivity (Wildman–Crippen MR) is 181 cm³/mol. The molecule has 5 nitrogen and oxygen atoms in total. The van der Waals surface area contributed by atoms with Crippen LogP contribution in [0.4, 0.5) is 10.1 Å². The Morgan fingerprint density at radius 1 is 0.870 bits per heavy atom. The maximum Gasteiger partial charge on any atom is 0.305 e. The van der Waals surface area contributed by atoms with Gasteiger partial charge in [-0.3, -0.25) is 4.79 Å². The quantitative estimate of drug-likeness (QED) is 0.170. The van der Waals surface area contributed by atoms with Crippen LogP contribution in [0.5, 0.6) is 5.75 Å². The monoisotopic (exact) mass is 615 g/mol. The number of carboxylic acid groups (broad SMARTS) is 1. The maximum atomic E-state index is 14.6. The van der Waals surface area contributed by atoms with Crippen LogP contribution in [0.15, 0.2) is 115 Å². The molecule has 0 aliphatic carbocycles. The van der Waals surface area contributed by atoms with Gasteiger partial charge in [-0.05, 0) is 82.6 Å². The Morgan fingerprint density at radius 3 is 2.22 bits per heavy atom. The van der Waals surface area contributed by atoms with Crippen molar-refractivity contribution in [2.45, 2.75) is 37.8 Å². The normalized spacial score (nSPS) is 17.7. The number of ether oxygens (including phenoxy) is 2. The SMILES string of the molecule is COc1ccc(F)c(-c2ccc(Cc3ccc(N4CC(OC)(c5ccc(-c6ccccc6)cc5)CC4CC(=O)O)cc3)c(C)c2)c1. The van der Waals surface area contributed by atoms with Gasteiger partial charge in [-0.25, -0.2) is 4.39 Å². The van der Waals surface area contributed by atoms with Crippen LogP contribution in [0.25, 0.3) is 22.3 Å². The van der Waals surface area contributed by atoms with E-state index < -0.39 is 11.6 Å². The van der Waals surface area contributed by atoms with E-state index in [1.807, 2.05) is 37.3 Å². The van der Waals surface area contributed by atoms with E-state index in [1.165, 1.54) is 6.07 Å². The van der Waals surface area contributed by atoms with Gasteiger partial charge in [-0.1, -0.05) is 84.9 Å². The molecule has 5 aromatic carbocycles. The summed E-state index contributed by atoms with van der Waals surface area (Å²) in [6.45, 7) is 2.59. The van der Waals surface area contributed by atoms with E-state index in [0.717, 1.165) is 51.1 Å². The molecule has 1 heterocycles. The van der Waals surface area contributed by atoms with Gasteiger partial charge in [0, 0.05) is 30.8 Å². The Hall–Kier alpha value is -4.94. The number of nitrogens with zero attached hydrogens (tertiary/aromatic N) is 1. The molecule has 0 spiro atoms. The molecule has 1 aliphatic rings. The highest BCUT2D eigenvalue weighted by Gasteiger charge is 2.46. The molecule has 234 valence electrons. The minimum absolute atomic E-state index is 0.0222. The highest BCUT2D eigenvalue weighted by Crippen LogP contribution is 2.43. The summed E-state index contributed by atoms with van der Waals surface area (Å²) in [5.41, 5.74) is 8.34. The van der Waals surface area contributed by atoms with Crippen LogP contribution >= 0.6 is 0 Å². The molecule has 2 atom stereocenters. The molecule has 46 heavy (non-hydrogen) atoms. The molecule has 1 N–H and O–H groups in total. The van der Waals surface area contributed by atoms with Gasteiger partial charge >= 0.3 is 5.97 Å². The zero-order valence-corrected chi connectivity index (χ0v) is 26.4. The van der Waals surface area contributed by atoms with Crippen LogP contribution in [0.1, 0.15) is 35.1 Å². The molecule has 2 unspecified atom stereocenters. The van der Waals surface area contributed by atoms with Crippen molar-refractivity contribution in [2.75, 3.05) is 25.7 Å². The van der Waals surface area contributed by atoms with Crippen molar-refractivity contribution in [3.8, 4) is 28.0 Å². The summed E-state index contributed by atoms with van der Waals surface area (Å²) >= 11 is 0. The predicted octanol–water partition coefficient (Wildman–Crippen LogP) is 8.66. The van der Waals surface area contributed by atoms with Crippen molar-refractivity contribution in [1.29, 1.82) is 0 Å². The van der Waals surface area contributed by atoms with Crippen LogP contribution in [-0.2, 0) is 21.6 Å². The zero-order valence-electron chi connectivity index (χ0n) is 26.4. The molecule has 6 heteroatoms. The first kappa shape index (κ1) is 31.1. The lowest BCUT2D eigenvalue weighted by atomic mass is 9.89. The first-order valence-corrected chi connectivity index (χ1v) is 15.5. The number of benzene rings is 5. The van der Waals surface area contributed by atoms with Crippen LogP contribution in [0.2, 0.25) is 0 Å². The second kappa shape index (κ2) is 13.2. The lowest BCUT2D eigenvalue weighted by molar-refractivity contribution is -0.137. The lowest BCUT2D eigenvalue weighted by Crippen LogP contribution is -2.34. The number of rotatable bonds is 10. The lowest BCUT2D eigenvalue weighted by Gasteiger charge is -2.29. The highest BCUT2D eigenvalue weighted by atomic mass is 19.1. The molecular formula is C40H38FNO4. The number of hydrogen-bond acceptors (Lipinski definition) is 4. The minimum atomic E-state index is -0.828. The summed E-state index contributed by atoms with van der Waals surface area (Å²) in [6, 6.07) is 37.6. The van der Waals surface area contributed by atoms with Gasteiger partial charge in [-0.2, -0.15) is 0 Å². The summed E-state index contributed by atoms with van der Waals surface area (Å²) < 4.78 is 26.1. The standard InChI is InChI=1S/C40H38FNO4/c1-27-21-32(37-24-36(45-2)19-20-38(37)41)12-11-31(27)22-28-9-17-34(18-10-28)42-26-40(46-3,25-35(42)23-39(43)44)33-15-13-30(14-16-33)29-7-5-4-6-8-29/h4-21,24,35H,22-23,25-26H2,1-3H3,(H,43,44). The van der Waals surface area contributed by atoms with Gasteiger partial charge in [-0.15, -0.1) is 0 Å². The van der Waals surface area contributed by atoms with Crippen LogP contribution < -0.4 is 9.64 Å². The summed E-state index contributed by atoms with van der Waals surface area (Å²) in [6.07, 6.45) is 1.32. The fourth-order valence-electron chi connectivity index (χ4n) is 6.66. The molecule has 0 radical (unpaired) electrons. The van der Waals surface area contributed by atoms with Crippen molar-refractivity contribution in [1.82, 2.24) is 0 Å². The topological polar surface area (TPSA) is 59.0 Å². The third-order valence-corrected chi connectivity index (χ3v) is 9.24. The smallest absolute Gasteiger partial charge is 0.305 e. The van der Waals surface area contributed by atoms with Gasteiger partial charge < -0.3 is 19.5 Å². The number of aryl methyl sites for hydroxylation is 1. The average molecular weight is 616 g/mol. The number of carboxylic acids is 1. The third-order valence-electron chi connectivity index (χ3n) is 9.24. The molecular weight excluding hydrogens is 577 g/mol. The largest absolute Gasteiger partial charge is 0.497 e. The van der Waals surface area contributed by atoms with E-state index >= 15 is 0 Å². The Bertz CT molecular complexity index is 1820. The summed E-state index contributed by atoms with van der Waals surface area (Å²) in [4.78, 5) is 14.1. The Balaban J connectivity index is 1.21. The van der Waals surface area contributed by atoms with Gasteiger partial charge in [0.15, 0.2) is 0 Å². The van der Waals surface area contributed by atoms with Crippen molar-refractivity contribution in [2.24, 2.45) is 0 Å². The number of anilines is 1. The first-order valence-electron chi connectivity index (χ1n) is 15.5. The molecule has 0 aromatic heterocycles. The minimum Gasteiger partial charge on any atom is -0.497 e. The fraction of sp³-hybridized carbons (Fsp3) is 0.225. The summed E-state index contributed by atoms with van der Waals surface area (Å²) in [7, 11) is 3.29. The molecule has 5 aromatic rings. The van der Waals surface area contributed by atoms with Crippen LogP contribution in [0, 0.1) is 12.7 Å². The van der Waals surface area contributed by atoms with Gasteiger partial charge in [0.1, 0.15) is 17.2 Å². The van der Waals surface area contributed by atoms with Gasteiger partial charge in [0.25, 0.3) is 0 Å².